The Balaban J connectivity index is 0.0000111. The van der Waals surface area contributed by atoms with Crippen molar-refractivity contribution in [2.24, 2.45) is 0 Å². The number of H-pyrrole nitrogens is 1. The average molecular weight is 1170 g/mol. The molecule has 83 heavy (non-hydrogen) atoms. The van der Waals surface area contributed by atoms with E-state index in [1.54, 1.807) is 22.2 Å². The summed E-state index contributed by atoms with van der Waals surface area (Å²) in [6, 6.07) is 21.9. The zero-order chi connectivity index (χ0) is 58.1. The van der Waals surface area contributed by atoms with Crippen molar-refractivity contribution in [2.75, 3.05) is 117 Å². The summed E-state index contributed by atoms with van der Waals surface area (Å²) in [6.07, 6.45) is 11.3. The van der Waals surface area contributed by atoms with Crippen LogP contribution in [0.15, 0.2) is 85.2 Å². The Morgan fingerprint density at radius 1 is 0.843 bits per heavy atom. The molecule has 3 aromatic carbocycles. The van der Waals surface area contributed by atoms with Crippen LogP contribution >= 0.6 is 0 Å². The summed E-state index contributed by atoms with van der Waals surface area (Å²) in [4.78, 5) is 78.0. The molecular weight excluding hydrogens is 1090 g/mol. The Morgan fingerprint density at radius 3 is 2.23 bits per heavy atom. The first-order valence-corrected chi connectivity index (χ1v) is 28.7. The van der Waals surface area contributed by atoms with Crippen LogP contribution < -0.4 is 71.7 Å². The second-order valence-electron chi connectivity index (χ2n) is 20.9. The topological polar surface area (TPSA) is 228 Å². The number of aldehydes is 2. The Morgan fingerprint density at radius 2 is 1.53 bits per heavy atom. The zero-order valence-corrected chi connectivity index (χ0v) is 52.1. The maximum Gasteiger partial charge on any atom is 1.00 e. The number of halogens is 1. The molecule has 3 amide bonds. The molecule has 4 heterocycles. The molecule has 2 aromatic heterocycles. The number of carbonyl (C=O) groups excluding carboxylic acids is 5. The van der Waals surface area contributed by atoms with Crippen LogP contribution in [0.5, 0.6) is 5.75 Å². The van der Waals surface area contributed by atoms with Gasteiger partial charge in [0.2, 0.25) is 11.8 Å². The first-order valence-electron chi connectivity index (χ1n) is 28.7. The van der Waals surface area contributed by atoms with Crippen molar-refractivity contribution in [3.05, 3.63) is 124 Å². The van der Waals surface area contributed by atoms with Crippen molar-refractivity contribution in [2.45, 2.75) is 95.3 Å². The summed E-state index contributed by atoms with van der Waals surface area (Å²) < 4.78 is 38.6. The van der Waals surface area contributed by atoms with Crippen LogP contribution in [0.25, 0.3) is 16.7 Å². The molecule has 0 bridgehead atoms. The summed E-state index contributed by atoms with van der Waals surface area (Å²) in [5, 5.41) is 19.2. The quantitative estimate of drug-likeness (QED) is 0.0286. The van der Waals surface area contributed by atoms with Crippen molar-refractivity contribution >= 4 is 41.7 Å². The number of anilines is 2. The number of benzene rings is 3. The van der Waals surface area contributed by atoms with Gasteiger partial charge in [0.25, 0.3) is 5.91 Å². The molecule has 5 aromatic rings. The van der Waals surface area contributed by atoms with Crippen molar-refractivity contribution in [1.82, 2.24) is 40.2 Å². The molecule has 442 valence electrons. The van der Waals surface area contributed by atoms with Crippen molar-refractivity contribution < 1.29 is 98.7 Å². The number of likely N-dealkylation sites (N-methyl/N-ethyl adjacent to an activating group) is 2. The van der Waals surface area contributed by atoms with E-state index in [0.29, 0.717) is 110 Å². The number of nitrogens with zero attached hydrogens (tertiary/aromatic N) is 8. The second kappa shape index (κ2) is 35.1. The number of aromatic amines is 1. The van der Waals surface area contributed by atoms with Crippen LogP contribution in [0.4, 0.5) is 15.8 Å². The Bertz CT molecular complexity index is 2820. The molecular formula is C61H81FKN11O9. The van der Waals surface area contributed by atoms with Gasteiger partial charge in [-0.3, -0.25) is 29.3 Å². The van der Waals surface area contributed by atoms with E-state index in [9.17, 15) is 24.0 Å². The molecule has 2 atom stereocenters. The molecule has 2 fully saturated rings. The standard InChI is InChI=1S/C61H81FN11O9.K/c1-45(65-43-46-13-9-15-50(39-46)67-61(21-25-70(3)26-22-61)60-66-57(68-69-60)47-19-23-64-24-20-47)48-14-10-16-51(40-48)82-34-8-6-5-7-32-79-35-37-81-38-36-80-33-12-18-56(76)73-29-27-72(28-30-73)55-42-52(49(44-75)41-53(55)62)59(78)71(4)54(17-11-31-74)58(77)63-2;/h9-10,13-16,19-20,23-24,31,39-42,44-45,54,67H,5-8,11-12,17-18,21-22,25-30,32-38,43H2,1-4H3,(H,63,77)(H,66,68,69);/q-1;+1/t45-,54?;/m1./s1. The fourth-order valence-electron chi connectivity index (χ4n) is 10.2. The predicted octanol–water partition coefficient (Wildman–Crippen LogP) is 4.77. The van der Waals surface area contributed by atoms with Crippen LogP contribution in [0.1, 0.15) is 115 Å². The Labute approximate surface area is 530 Å². The minimum atomic E-state index is -0.963. The van der Waals surface area contributed by atoms with Crippen LogP contribution in [0.3, 0.4) is 0 Å². The molecule has 3 N–H and O–H groups in total. The third-order valence-corrected chi connectivity index (χ3v) is 15.1. The van der Waals surface area contributed by atoms with Crippen LogP contribution in [-0.2, 0) is 40.7 Å². The number of amides is 3. The van der Waals surface area contributed by atoms with Crippen LogP contribution in [-0.4, -0.2) is 178 Å². The zero-order valence-electron chi connectivity index (χ0n) is 49.0. The smallest absolute Gasteiger partial charge is 0.652 e. The maximum absolute atomic E-state index is 15.3. The van der Waals surface area contributed by atoms with E-state index in [2.05, 4.69) is 81.1 Å². The molecule has 0 radical (unpaired) electrons. The number of nitrogens with one attached hydrogen (secondary N) is 3. The van der Waals surface area contributed by atoms with Gasteiger partial charge in [-0.25, -0.2) is 9.37 Å². The number of hydrogen-bond acceptors (Lipinski definition) is 15. The van der Waals surface area contributed by atoms with E-state index in [1.807, 2.05) is 24.3 Å². The van der Waals surface area contributed by atoms with E-state index in [-0.39, 0.29) is 98.5 Å². The molecule has 22 heteroatoms. The molecule has 2 aliphatic rings. The summed E-state index contributed by atoms with van der Waals surface area (Å²) in [7, 11) is 4.98. The summed E-state index contributed by atoms with van der Waals surface area (Å²) >= 11 is 0. The van der Waals surface area contributed by atoms with Gasteiger partial charge in [-0.05, 0) is 101 Å². The van der Waals surface area contributed by atoms with Gasteiger partial charge in [0, 0.05) is 109 Å². The van der Waals surface area contributed by atoms with Gasteiger partial charge in [0.1, 0.15) is 23.9 Å². The summed E-state index contributed by atoms with van der Waals surface area (Å²) in [6.45, 7) is 9.45. The van der Waals surface area contributed by atoms with Crippen molar-refractivity contribution in [3.8, 4) is 17.1 Å². The molecule has 7 rings (SSSR count). The second-order valence-corrected chi connectivity index (χ2v) is 20.9. The number of carbonyl (C=O) groups is 5. The van der Waals surface area contributed by atoms with Gasteiger partial charge < -0.3 is 59.3 Å². The number of rotatable bonds is 34. The number of pyridine rings is 1. The van der Waals surface area contributed by atoms with E-state index >= 15 is 4.39 Å². The third-order valence-electron chi connectivity index (χ3n) is 15.1. The molecule has 0 saturated carbocycles. The third kappa shape index (κ3) is 20.0. The predicted molar refractivity (Wildman–Crippen MR) is 311 cm³/mol. The van der Waals surface area contributed by atoms with Crippen LogP contribution in [0.2, 0.25) is 0 Å². The summed E-state index contributed by atoms with van der Waals surface area (Å²) in [5.74, 6) is 0.529. The fourth-order valence-corrected chi connectivity index (χ4v) is 10.2. The number of aromatic nitrogens is 4. The fraction of sp³-hybridized carbons (Fsp3) is 0.508. The largest absolute Gasteiger partial charge is 1.00 e. The number of hydrogen-bond donors (Lipinski definition) is 3. The number of ether oxygens (including phenoxy) is 4. The normalized spacial score (nSPS) is 15.0. The molecule has 2 saturated heterocycles. The minimum absolute atomic E-state index is 0. The molecule has 2 aliphatic heterocycles. The number of likely N-dealkylation sites (tertiary alicyclic amines) is 1. The first kappa shape index (κ1) is 66.6. The maximum atomic E-state index is 15.3. The van der Waals surface area contributed by atoms with Gasteiger partial charge >= 0.3 is 51.4 Å². The van der Waals surface area contributed by atoms with E-state index < -0.39 is 23.7 Å². The molecule has 0 spiro atoms. The SMILES string of the molecule is CNC(=O)C(CCC=O)N(C)C(=O)c1cc(N2CCN(C(=O)CCCOCCOCCOCCCCCCOc3cccc([C@@H](C)[N-]Cc4cccc(NC5(c6nc(-c7ccncc7)n[nH]6)CCN(C)CC5)c4)c3)CC2)c(F)cc1C=O.[K+]. The molecule has 0 aliphatic carbocycles. The van der Waals surface area contributed by atoms with Crippen molar-refractivity contribution in [3.63, 3.8) is 0 Å². The number of unbranched alkanes of at least 4 members (excludes halogenated alkanes) is 3. The van der Waals surface area contributed by atoms with Gasteiger partial charge in [-0.15, -0.1) is 12.6 Å². The average Bonchev–Trinajstić information content (AvgIpc) is 4.07. The van der Waals surface area contributed by atoms with Gasteiger partial charge in [-0.1, -0.05) is 48.7 Å². The monoisotopic (exact) mass is 1170 g/mol. The first-order chi connectivity index (χ1) is 39.9. The van der Waals surface area contributed by atoms with Gasteiger partial charge in [0.05, 0.1) is 49.8 Å². The van der Waals surface area contributed by atoms with Gasteiger partial charge in [-0.2, -0.15) is 5.10 Å². The Hall–Kier alpha value is -5.53. The van der Waals surface area contributed by atoms with E-state index in [4.69, 9.17) is 29.2 Å². The minimum Gasteiger partial charge on any atom is -0.652 e. The van der Waals surface area contributed by atoms with Gasteiger partial charge in [0.15, 0.2) is 17.9 Å². The molecule has 1 unspecified atom stereocenters. The van der Waals surface area contributed by atoms with Crippen molar-refractivity contribution in [1.29, 1.82) is 0 Å². The number of piperazine rings is 1. The van der Waals surface area contributed by atoms with E-state index in [1.165, 1.54) is 20.2 Å². The summed E-state index contributed by atoms with van der Waals surface area (Å²) in [5.41, 5.74) is 3.73. The van der Waals surface area contributed by atoms with Crippen LogP contribution in [0, 0.1) is 5.82 Å². The Kier molecular flexibility index (Phi) is 28.1. The molecule has 20 nitrogen and oxygen atoms in total. The van der Waals surface area contributed by atoms with E-state index in [0.717, 1.165) is 96.5 Å². The number of piperidine rings is 1.